The zero-order valence-electron chi connectivity index (χ0n) is 11.6. The molecule has 0 aliphatic carbocycles. The smallest absolute Gasteiger partial charge is 0.261 e. The van der Waals surface area contributed by atoms with Gasteiger partial charge in [0.15, 0.2) is 0 Å². The maximum atomic E-state index is 11.9. The van der Waals surface area contributed by atoms with Gasteiger partial charge in [-0.3, -0.25) is 4.79 Å². The van der Waals surface area contributed by atoms with Crippen LogP contribution in [-0.2, 0) is 0 Å². The van der Waals surface area contributed by atoms with Crippen LogP contribution in [0.25, 0.3) is 11.0 Å². The molecular formula is C16H14ClNO3S. The quantitative estimate of drug-likeness (QED) is 0.740. The maximum absolute atomic E-state index is 11.9. The van der Waals surface area contributed by atoms with Crippen LogP contribution in [0.5, 0.6) is 0 Å². The van der Waals surface area contributed by atoms with Crippen LogP contribution in [0, 0.1) is 0 Å². The summed E-state index contributed by atoms with van der Waals surface area (Å²) in [5, 5.41) is 13.9. The average Bonchev–Trinajstić information content (AvgIpc) is 3.12. The molecular weight excluding hydrogens is 322 g/mol. The van der Waals surface area contributed by atoms with Crippen molar-refractivity contribution < 1.29 is 14.3 Å². The molecule has 0 aliphatic rings. The lowest BCUT2D eigenvalue weighted by atomic mass is 10.2. The van der Waals surface area contributed by atoms with Gasteiger partial charge in [-0.15, -0.1) is 11.3 Å². The summed E-state index contributed by atoms with van der Waals surface area (Å²) in [5.74, 6) is 0.323. The van der Waals surface area contributed by atoms with E-state index in [1.807, 2.05) is 30.3 Å². The first-order valence-electron chi connectivity index (χ1n) is 6.83. The fourth-order valence-corrected chi connectivity index (χ4v) is 3.11. The van der Waals surface area contributed by atoms with E-state index < -0.39 is 6.10 Å². The van der Waals surface area contributed by atoms with Gasteiger partial charge in [-0.2, -0.15) is 0 Å². The molecule has 3 aromatic rings. The van der Waals surface area contributed by atoms with E-state index in [0.717, 1.165) is 11.0 Å². The Hall–Kier alpha value is -1.82. The normalized spacial score (nSPS) is 12.5. The third-order valence-corrected chi connectivity index (χ3v) is 4.50. The highest BCUT2D eigenvalue weighted by Crippen LogP contribution is 2.25. The van der Waals surface area contributed by atoms with Crippen LogP contribution in [0.4, 0.5) is 0 Å². The molecule has 0 spiro atoms. The Bertz CT molecular complexity index is 762. The van der Waals surface area contributed by atoms with Crippen molar-refractivity contribution in [2.75, 3.05) is 6.54 Å². The number of nitrogens with one attached hydrogen (secondary N) is 1. The minimum Gasteiger partial charge on any atom is -0.458 e. The first-order valence-corrected chi connectivity index (χ1v) is 8.03. The summed E-state index contributed by atoms with van der Waals surface area (Å²) < 4.78 is 6.17. The number of carbonyl (C=O) groups is 1. The van der Waals surface area contributed by atoms with Crippen molar-refractivity contribution in [2.24, 2.45) is 0 Å². The third kappa shape index (κ3) is 3.32. The summed E-state index contributed by atoms with van der Waals surface area (Å²) >= 11 is 7.02. The van der Waals surface area contributed by atoms with Crippen LogP contribution in [0.1, 0.15) is 28.0 Å². The number of hydrogen-bond acceptors (Lipinski definition) is 4. The molecule has 114 valence electrons. The highest BCUT2D eigenvalue weighted by atomic mass is 35.5. The Morgan fingerprint density at radius 3 is 2.86 bits per heavy atom. The molecule has 4 nitrogen and oxygen atoms in total. The second-order valence-electron chi connectivity index (χ2n) is 4.85. The molecule has 1 amide bonds. The number of carbonyl (C=O) groups excluding carboxylic acids is 1. The number of furan rings is 1. The monoisotopic (exact) mass is 335 g/mol. The second-order valence-corrected chi connectivity index (χ2v) is 6.57. The summed E-state index contributed by atoms with van der Waals surface area (Å²) in [6, 6.07) is 12.8. The molecule has 0 fully saturated rings. The number of amides is 1. The number of aliphatic hydroxyl groups excluding tert-OH is 1. The Morgan fingerprint density at radius 1 is 1.32 bits per heavy atom. The number of hydrogen-bond donors (Lipinski definition) is 2. The highest BCUT2D eigenvalue weighted by Gasteiger charge is 2.14. The predicted molar refractivity (Wildman–Crippen MR) is 87.5 cm³/mol. The van der Waals surface area contributed by atoms with Gasteiger partial charge in [-0.1, -0.05) is 29.8 Å². The molecule has 0 unspecified atom stereocenters. The zero-order chi connectivity index (χ0) is 15.5. The summed E-state index contributed by atoms with van der Waals surface area (Å²) in [7, 11) is 0. The fraction of sp³-hybridized carbons (Fsp3) is 0.188. The maximum Gasteiger partial charge on any atom is 0.261 e. The molecule has 0 saturated carbocycles. The van der Waals surface area contributed by atoms with E-state index in [1.54, 1.807) is 12.1 Å². The molecule has 0 bridgehead atoms. The van der Waals surface area contributed by atoms with Crippen LogP contribution in [0.3, 0.4) is 0 Å². The molecule has 0 radical (unpaired) electrons. The second kappa shape index (κ2) is 6.52. The number of thiophene rings is 1. The molecule has 1 atom stereocenters. The van der Waals surface area contributed by atoms with Crippen LogP contribution in [0.2, 0.25) is 4.34 Å². The van der Waals surface area contributed by atoms with Gasteiger partial charge in [0.05, 0.1) is 9.21 Å². The van der Waals surface area contributed by atoms with Gasteiger partial charge in [0.1, 0.15) is 17.4 Å². The molecule has 2 N–H and O–H groups in total. The summed E-state index contributed by atoms with van der Waals surface area (Å²) in [6.07, 6.45) is -0.371. The number of benzene rings is 1. The molecule has 2 heterocycles. The standard InChI is InChI=1S/C16H14ClNO3S/c17-15-6-5-14(22-15)16(20)18-8-7-11(19)13-9-10-3-1-2-4-12(10)21-13/h1-6,9,11,19H,7-8H2,(H,18,20)/t11-/m0/s1. The summed E-state index contributed by atoms with van der Waals surface area (Å²) in [4.78, 5) is 12.4. The van der Waals surface area contributed by atoms with Gasteiger partial charge in [-0.05, 0) is 30.7 Å². The van der Waals surface area contributed by atoms with E-state index in [-0.39, 0.29) is 5.91 Å². The number of fused-ring (bicyclic) bond motifs is 1. The van der Waals surface area contributed by atoms with Crippen molar-refractivity contribution in [1.29, 1.82) is 0 Å². The van der Waals surface area contributed by atoms with Crippen molar-refractivity contribution in [3.8, 4) is 0 Å². The van der Waals surface area contributed by atoms with Crippen LogP contribution in [0.15, 0.2) is 46.9 Å². The molecule has 22 heavy (non-hydrogen) atoms. The molecule has 2 aromatic heterocycles. The zero-order valence-corrected chi connectivity index (χ0v) is 13.2. The Morgan fingerprint density at radius 2 is 2.14 bits per heavy atom. The van der Waals surface area contributed by atoms with E-state index >= 15 is 0 Å². The van der Waals surface area contributed by atoms with Crippen molar-refractivity contribution >= 4 is 39.8 Å². The van der Waals surface area contributed by atoms with E-state index in [9.17, 15) is 9.90 Å². The van der Waals surface area contributed by atoms with Crippen LogP contribution < -0.4 is 5.32 Å². The highest BCUT2D eigenvalue weighted by molar-refractivity contribution is 7.17. The van der Waals surface area contributed by atoms with E-state index in [0.29, 0.717) is 27.9 Å². The van der Waals surface area contributed by atoms with Crippen LogP contribution in [-0.4, -0.2) is 17.6 Å². The molecule has 1 aromatic carbocycles. The van der Waals surface area contributed by atoms with Crippen molar-refractivity contribution in [1.82, 2.24) is 5.32 Å². The van der Waals surface area contributed by atoms with E-state index in [4.69, 9.17) is 16.0 Å². The predicted octanol–water partition coefficient (Wildman–Crippen LogP) is 4.00. The first kappa shape index (κ1) is 15.1. The lowest BCUT2D eigenvalue weighted by Gasteiger charge is -2.08. The number of halogens is 1. The summed E-state index contributed by atoms with van der Waals surface area (Å²) in [6.45, 7) is 0.354. The van der Waals surface area contributed by atoms with Crippen molar-refractivity contribution in [2.45, 2.75) is 12.5 Å². The minimum absolute atomic E-state index is 0.186. The fourth-order valence-electron chi connectivity index (χ4n) is 2.15. The lowest BCUT2D eigenvalue weighted by Crippen LogP contribution is -2.24. The number of para-hydroxylation sites is 1. The molecule has 0 saturated heterocycles. The average molecular weight is 336 g/mol. The molecule has 0 aliphatic heterocycles. The lowest BCUT2D eigenvalue weighted by molar-refractivity contribution is 0.0940. The number of aliphatic hydroxyl groups is 1. The Kier molecular flexibility index (Phi) is 4.47. The Balaban J connectivity index is 1.55. The molecule has 6 heteroatoms. The van der Waals surface area contributed by atoms with Crippen LogP contribution >= 0.6 is 22.9 Å². The van der Waals surface area contributed by atoms with Gasteiger partial charge in [0.2, 0.25) is 0 Å². The van der Waals surface area contributed by atoms with Gasteiger partial charge in [0, 0.05) is 11.9 Å². The minimum atomic E-state index is -0.750. The number of rotatable bonds is 5. The van der Waals surface area contributed by atoms with Gasteiger partial charge in [-0.25, -0.2) is 0 Å². The molecule has 3 rings (SSSR count). The largest absolute Gasteiger partial charge is 0.458 e. The SMILES string of the molecule is O=C(NCC[C@H](O)c1cc2ccccc2o1)c1ccc(Cl)s1. The van der Waals surface area contributed by atoms with Gasteiger partial charge in [0.25, 0.3) is 5.91 Å². The topological polar surface area (TPSA) is 62.5 Å². The van der Waals surface area contributed by atoms with E-state index in [2.05, 4.69) is 5.32 Å². The summed E-state index contributed by atoms with van der Waals surface area (Å²) in [5.41, 5.74) is 0.744. The van der Waals surface area contributed by atoms with E-state index in [1.165, 1.54) is 11.3 Å². The third-order valence-electron chi connectivity index (χ3n) is 3.27. The Labute approximate surface area is 136 Å². The van der Waals surface area contributed by atoms with Gasteiger partial charge >= 0.3 is 0 Å². The first-order chi connectivity index (χ1) is 10.6. The van der Waals surface area contributed by atoms with Gasteiger partial charge < -0.3 is 14.8 Å². The van der Waals surface area contributed by atoms with Crippen molar-refractivity contribution in [3.63, 3.8) is 0 Å². The van der Waals surface area contributed by atoms with Crippen molar-refractivity contribution in [3.05, 3.63) is 57.4 Å².